The van der Waals surface area contributed by atoms with E-state index in [2.05, 4.69) is 35.6 Å². The Bertz CT molecular complexity index is 603. The van der Waals surface area contributed by atoms with Gasteiger partial charge >= 0.3 is 0 Å². The van der Waals surface area contributed by atoms with E-state index >= 15 is 0 Å². The maximum atomic E-state index is 5.09. The van der Waals surface area contributed by atoms with Gasteiger partial charge in [0.05, 0.1) is 12.4 Å². The number of thiol groups is 2. The topological polar surface area (TPSA) is 43.2 Å². The zero-order valence-electron chi connectivity index (χ0n) is 11.8. The lowest BCUT2D eigenvalue weighted by Gasteiger charge is -2.00. The zero-order chi connectivity index (χ0) is 15.6. The van der Waals surface area contributed by atoms with Crippen LogP contribution < -0.4 is 0 Å². The highest BCUT2D eigenvalue weighted by Crippen LogP contribution is 2.10. The summed E-state index contributed by atoms with van der Waals surface area (Å²) in [5, 5.41) is 7.71. The van der Waals surface area contributed by atoms with Gasteiger partial charge in [-0.25, -0.2) is 0 Å². The first kappa shape index (κ1) is 16.5. The molecule has 114 valence electrons. The minimum atomic E-state index is 0.311. The molecule has 0 saturated carbocycles. The van der Waals surface area contributed by atoms with E-state index in [-0.39, 0.29) is 0 Å². The summed E-state index contributed by atoms with van der Waals surface area (Å²) < 4.78 is 0. The summed E-state index contributed by atoms with van der Waals surface area (Å²) in [7, 11) is 0. The maximum absolute atomic E-state index is 5.09. The molecule has 0 aliphatic rings. The summed E-state index contributed by atoms with van der Waals surface area (Å²) in [5.74, 6) is 0. The van der Waals surface area contributed by atoms with Gasteiger partial charge in [0.25, 0.3) is 0 Å². The molecule has 0 bridgehead atoms. The van der Waals surface area contributed by atoms with Gasteiger partial charge in [-0.15, -0.1) is 25.3 Å². The van der Waals surface area contributed by atoms with Crippen molar-refractivity contribution in [1.29, 1.82) is 0 Å². The Kier molecular flexibility index (Phi) is 6.86. The second-order valence-electron chi connectivity index (χ2n) is 4.25. The van der Waals surface area contributed by atoms with Crippen LogP contribution in [0.4, 0.5) is 0 Å². The van der Waals surface area contributed by atoms with Crippen LogP contribution in [-0.4, -0.2) is 25.6 Å². The molecule has 2 rings (SSSR count). The van der Waals surface area contributed by atoms with Crippen LogP contribution in [0.3, 0.4) is 0 Å². The number of rotatable bonds is 7. The summed E-state index contributed by atoms with van der Waals surface area (Å²) in [6, 6.07) is 15.2. The highest BCUT2D eigenvalue weighted by atomic mass is 32.1. The SMILES string of the molecule is Sc1ccccc1/C=N/OCCO/N=C/c1ccccc1S. The van der Waals surface area contributed by atoms with Gasteiger partial charge in [-0.2, -0.15) is 0 Å². The van der Waals surface area contributed by atoms with Crippen LogP contribution in [0.5, 0.6) is 0 Å². The van der Waals surface area contributed by atoms with Gasteiger partial charge in [0, 0.05) is 20.9 Å². The van der Waals surface area contributed by atoms with E-state index in [0.717, 1.165) is 20.9 Å². The molecule has 0 saturated heterocycles. The lowest BCUT2D eigenvalue weighted by atomic mass is 10.2. The summed E-state index contributed by atoms with van der Waals surface area (Å²) in [6.07, 6.45) is 3.23. The van der Waals surface area contributed by atoms with Gasteiger partial charge in [-0.1, -0.05) is 46.7 Å². The first-order valence-electron chi connectivity index (χ1n) is 6.64. The number of oxime groups is 2. The predicted molar refractivity (Wildman–Crippen MR) is 94.5 cm³/mol. The quantitative estimate of drug-likeness (QED) is 0.352. The van der Waals surface area contributed by atoms with Gasteiger partial charge < -0.3 is 9.68 Å². The zero-order valence-corrected chi connectivity index (χ0v) is 13.6. The Morgan fingerprint density at radius 1 is 0.727 bits per heavy atom. The lowest BCUT2D eigenvalue weighted by molar-refractivity contribution is 0.0553. The molecule has 2 aromatic carbocycles. The molecule has 6 heteroatoms. The van der Waals surface area contributed by atoms with Crippen molar-refractivity contribution in [1.82, 2.24) is 0 Å². The van der Waals surface area contributed by atoms with E-state index in [4.69, 9.17) is 9.68 Å². The molecule has 4 nitrogen and oxygen atoms in total. The second kappa shape index (κ2) is 9.17. The molecule has 0 aromatic heterocycles. The molecule has 0 aliphatic heterocycles. The molecule has 0 N–H and O–H groups in total. The molecule has 0 radical (unpaired) electrons. The van der Waals surface area contributed by atoms with Crippen LogP contribution in [0.25, 0.3) is 0 Å². The van der Waals surface area contributed by atoms with Gasteiger partial charge in [0.15, 0.2) is 13.2 Å². The Morgan fingerprint density at radius 2 is 1.14 bits per heavy atom. The average molecular weight is 332 g/mol. The Balaban J connectivity index is 1.66. The smallest absolute Gasteiger partial charge is 0.153 e. The van der Waals surface area contributed by atoms with Crippen molar-refractivity contribution in [3.05, 3.63) is 59.7 Å². The fraction of sp³-hybridized carbons (Fsp3) is 0.125. The second-order valence-corrected chi connectivity index (χ2v) is 5.22. The summed E-state index contributed by atoms with van der Waals surface area (Å²) in [6.45, 7) is 0.621. The van der Waals surface area contributed by atoms with E-state index < -0.39 is 0 Å². The van der Waals surface area contributed by atoms with Crippen molar-refractivity contribution >= 4 is 37.7 Å². The van der Waals surface area contributed by atoms with E-state index in [1.54, 1.807) is 12.4 Å². The first-order chi connectivity index (χ1) is 10.8. The van der Waals surface area contributed by atoms with Gasteiger partial charge in [0.1, 0.15) is 0 Å². The minimum absolute atomic E-state index is 0.311. The third kappa shape index (κ3) is 5.46. The van der Waals surface area contributed by atoms with Gasteiger partial charge in [-0.3, -0.25) is 0 Å². The number of hydrogen-bond donors (Lipinski definition) is 2. The molecule has 0 amide bonds. The fourth-order valence-electron chi connectivity index (χ4n) is 1.56. The molecular weight excluding hydrogens is 316 g/mol. The standard InChI is InChI=1S/C16H16N2O2S2/c21-15-7-3-1-5-13(15)11-17-19-9-10-20-18-12-14-6-2-4-8-16(14)22/h1-8,11-12,21-22H,9-10H2/b17-11+,18-12+. The molecule has 0 atom stereocenters. The van der Waals surface area contributed by atoms with E-state index in [1.165, 1.54) is 0 Å². The normalized spacial score (nSPS) is 11.2. The average Bonchev–Trinajstić information content (AvgIpc) is 2.53. The number of nitrogens with zero attached hydrogens (tertiary/aromatic N) is 2. The summed E-state index contributed by atoms with van der Waals surface area (Å²) in [4.78, 5) is 11.9. The Morgan fingerprint density at radius 3 is 1.55 bits per heavy atom. The van der Waals surface area contributed by atoms with Crippen LogP contribution in [0.2, 0.25) is 0 Å². The van der Waals surface area contributed by atoms with Crippen LogP contribution in [0, 0.1) is 0 Å². The molecule has 0 fully saturated rings. The predicted octanol–water partition coefficient (Wildman–Crippen LogP) is 3.67. The van der Waals surface area contributed by atoms with Crippen LogP contribution in [0.1, 0.15) is 11.1 Å². The van der Waals surface area contributed by atoms with Crippen molar-refractivity contribution in [3.8, 4) is 0 Å². The van der Waals surface area contributed by atoms with Crippen molar-refractivity contribution in [3.63, 3.8) is 0 Å². The molecule has 2 aromatic rings. The molecule has 22 heavy (non-hydrogen) atoms. The van der Waals surface area contributed by atoms with Crippen molar-refractivity contribution in [2.24, 2.45) is 10.3 Å². The first-order valence-corrected chi connectivity index (χ1v) is 7.53. The maximum Gasteiger partial charge on any atom is 0.153 e. The highest BCUT2D eigenvalue weighted by molar-refractivity contribution is 7.80. The summed E-state index contributed by atoms with van der Waals surface area (Å²) in [5.41, 5.74) is 1.80. The molecule has 0 aliphatic carbocycles. The molecule has 0 spiro atoms. The third-order valence-electron chi connectivity index (χ3n) is 2.67. The minimum Gasteiger partial charge on any atom is -0.392 e. The lowest BCUT2D eigenvalue weighted by Crippen LogP contribution is -1.98. The largest absolute Gasteiger partial charge is 0.392 e. The molecule has 0 heterocycles. The number of benzene rings is 2. The monoisotopic (exact) mass is 332 g/mol. The van der Waals surface area contributed by atoms with Crippen LogP contribution in [0.15, 0.2) is 68.6 Å². The molecular formula is C16H16N2O2S2. The highest BCUT2D eigenvalue weighted by Gasteiger charge is 1.94. The van der Waals surface area contributed by atoms with E-state index in [1.807, 2.05) is 48.5 Å². The van der Waals surface area contributed by atoms with Gasteiger partial charge in [0.2, 0.25) is 0 Å². The van der Waals surface area contributed by atoms with Crippen LogP contribution in [-0.2, 0) is 9.68 Å². The third-order valence-corrected chi connectivity index (χ3v) is 3.49. The van der Waals surface area contributed by atoms with Crippen molar-refractivity contribution in [2.75, 3.05) is 13.2 Å². The Labute approximate surface area is 140 Å². The van der Waals surface area contributed by atoms with Crippen molar-refractivity contribution in [2.45, 2.75) is 9.79 Å². The van der Waals surface area contributed by atoms with E-state index in [9.17, 15) is 0 Å². The van der Waals surface area contributed by atoms with Gasteiger partial charge in [-0.05, 0) is 12.1 Å². The summed E-state index contributed by atoms with van der Waals surface area (Å²) >= 11 is 8.63. The Hall–Kier alpha value is -1.92. The van der Waals surface area contributed by atoms with E-state index in [0.29, 0.717) is 13.2 Å². The van der Waals surface area contributed by atoms with Crippen LogP contribution >= 0.6 is 25.3 Å². The van der Waals surface area contributed by atoms with Crippen molar-refractivity contribution < 1.29 is 9.68 Å². The fourth-order valence-corrected chi connectivity index (χ4v) is 2.00. The molecule has 0 unspecified atom stereocenters. The number of hydrogen-bond acceptors (Lipinski definition) is 6.